The van der Waals surface area contributed by atoms with Crippen LogP contribution in [0.5, 0.6) is 0 Å². The van der Waals surface area contributed by atoms with Crippen molar-refractivity contribution in [3.63, 3.8) is 0 Å². The molecule has 10 nitrogen and oxygen atoms in total. The van der Waals surface area contributed by atoms with E-state index in [4.69, 9.17) is 9.84 Å². The molecule has 0 radical (unpaired) electrons. The maximum absolute atomic E-state index is 12.8. The highest BCUT2D eigenvalue weighted by Gasteiger charge is 2.30. The largest absolute Gasteiger partial charge is 0.481 e. The fraction of sp³-hybridized carbons (Fsp3) is 0.222. The van der Waals surface area contributed by atoms with E-state index in [2.05, 4.69) is 10.6 Å². The Labute approximate surface area is 212 Å². The first-order valence-corrected chi connectivity index (χ1v) is 11.7. The zero-order valence-corrected chi connectivity index (χ0v) is 19.8. The molecule has 2 amide bonds. The lowest BCUT2D eigenvalue weighted by atomic mass is 9.98. The minimum absolute atomic E-state index is 0.0313. The third kappa shape index (κ3) is 6.10. The van der Waals surface area contributed by atoms with Crippen molar-refractivity contribution in [3.8, 4) is 11.1 Å². The Morgan fingerprint density at radius 2 is 1.62 bits per heavy atom. The molecule has 1 aliphatic carbocycles. The molecular formula is C27H25N3O7. The molecule has 3 aromatic rings. The second-order valence-electron chi connectivity index (χ2n) is 8.60. The third-order valence-electron chi connectivity index (χ3n) is 6.19. The summed E-state index contributed by atoms with van der Waals surface area (Å²) in [5, 5.41) is 25.1. The van der Waals surface area contributed by atoms with Crippen LogP contribution in [0.1, 0.15) is 35.4 Å². The van der Waals surface area contributed by atoms with Gasteiger partial charge in [0.1, 0.15) is 12.6 Å². The van der Waals surface area contributed by atoms with Gasteiger partial charge in [-0.2, -0.15) is 0 Å². The lowest BCUT2D eigenvalue weighted by molar-refractivity contribution is -0.384. The van der Waals surface area contributed by atoms with Gasteiger partial charge in [-0.05, 0) is 34.2 Å². The number of carboxylic acid groups (broad SMARTS) is 1. The van der Waals surface area contributed by atoms with Gasteiger partial charge in [-0.3, -0.25) is 19.7 Å². The molecule has 0 saturated heterocycles. The summed E-state index contributed by atoms with van der Waals surface area (Å²) >= 11 is 0. The van der Waals surface area contributed by atoms with Crippen LogP contribution >= 0.6 is 0 Å². The highest BCUT2D eigenvalue weighted by Crippen LogP contribution is 2.44. The van der Waals surface area contributed by atoms with Crippen molar-refractivity contribution in [1.29, 1.82) is 0 Å². The molecule has 3 N–H and O–H groups in total. The number of benzene rings is 3. The van der Waals surface area contributed by atoms with Crippen LogP contribution in [0.3, 0.4) is 0 Å². The summed E-state index contributed by atoms with van der Waals surface area (Å²) in [6.45, 7) is 0.0112. The number of nitro benzene ring substituents is 1. The van der Waals surface area contributed by atoms with E-state index in [0.717, 1.165) is 22.3 Å². The molecule has 3 aromatic carbocycles. The number of non-ortho nitro benzene ring substituents is 1. The Bertz CT molecular complexity index is 1300. The number of nitro groups is 1. The van der Waals surface area contributed by atoms with E-state index >= 15 is 0 Å². The molecular weight excluding hydrogens is 478 g/mol. The van der Waals surface area contributed by atoms with E-state index < -0.39 is 28.9 Å². The van der Waals surface area contributed by atoms with Gasteiger partial charge in [-0.15, -0.1) is 0 Å². The van der Waals surface area contributed by atoms with Crippen LogP contribution in [-0.2, 0) is 20.9 Å². The molecule has 1 atom stereocenters. The number of hydrogen-bond donors (Lipinski definition) is 3. The topological polar surface area (TPSA) is 148 Å². The second kappa shape index (κ2) is 11.3. The van der Waals surface area contributed by atoms with E-state index in [1.54, 1.807) is 6.07 Å². The Balaban J connectivity index is 1.39. The molecule has 0 fully saturated rings. The average Bonchev–Trinajstić information content (AvgIpc) is 3.22. The first-order chi connectivity index (χ1) is 17.8. The minimum Gasteiger partial charge on any atom is -0.481 e. The monoisotopic (exact) mass is 503 g/mol. The number of rotatable bonds is 10. The standard InChI is InChI=1S/C27H25N3O7/c31-25(32)13-12-24(26(33)28-15-17-6-5-7-18(14-17)30(35)36)29-27(34)37-16-23-21-10-3-1-8-19(21)20-9-2-4-11-22(20)23/h1-11,14,23-24H,12-13,15-16H2,(H,28,33)(H,29,34)(H,31,32)/t24-/m0/s1. The van der Waals surface area contributed by atoms with E-state index in [0.29, 0.717) is 5.56 Å². The molecule has 0 heterocycles. The van der Waals surface area contributed by atoms with Gasteiger partial charge >= 0.3 is 12.1 Å². The molecule has 4 rings (SSSR count). The quantitative estimate of drug-likeness (QED) is 0.280. The normalized spacial score (nSPS) is 12.6. The molecule has 0 aromatic heterocycles. The van der Waals surface area contributed by atoms with Crippen LogP contribution in [0, 0.1) is 10.1 Å². The van der Waals surface area contributed by atoms with Crippen LogP contribution in [0.15, 0.2) is 72.8 Å². The zero-order valence-electron chi connectivity index (χ0n) is 19.8. The highest BCUT2D eigenvalue weighted by molar-refractivity contribution is 5.86. The number of nitrogens with one attached hydrogen (secondary N) is 2. The number of carbonyl (C=O) groups is 3. The minimum atomic E-state index is -1.16. The summed E-state index contributed by atoms with van der Waals surface area (Å²) in [5.41, 5.74) is 4.59. The van der Waals surface area contributed by atoms with Gasteiger partial charge in [-0.1, -0.05) is 60.7 Å². The number of hydrogen-bond acceptors (Lipinski definition) is 6. The lowest BCUT2D eigenvalue weighted by Gasteiger charge is -2.19. The van der Waals surface area contributed by atoms with Crippen molar-refractivity contribution in [2.75, 3.05) is 6.61 Å². The summed E-state index contributed by atoms with van der Waals surface area (Å²) in [7, 11) is 0. The van der Waals surface area contributed by atoms with Crippen molar-refractivity contribution < 1.29 is 29.2 Å². The molecule has 190 valence electrons. The Morgan fingerprint density at radius 1 is 0.973 bits per heavy atom. The van der Waals surface area contributed by atoms with Crippen molar-refractivity contribution in [1.82, 2.24) is 10.6 Å². The lowest BCUT2D eigenvalue weighted by Crippen LogP contribution is -2.47. The number of ether oxygens (including phenoxy) is 1. The van der Waals surface area contributed by atoms with Gasteiger partial charge in [-0.25, -0.2) is 4.79 Å². The van der Waals surface area contributed by atoms with Gasteiger partial charge in [0.15, 0.2) is 0 Å². The predicted molar refractivity (Wildman–Crippen MR) is 134 cm³/mol. The number of aliphatic carboxylic acids is 1. The van der Waals surface area contributed by atoms with E-state index in [-0.39, 0.29) is 37.6 Å². The number of nitrogens with zero attached hydrogens (tertiary/aromatic N) is 1. The summed E-state index contributed by atoms with van der Waals surface area (Å²) < 4.78 is 5.48. The number of carboxylic acids is 1. The van der Waals surface area contributed by atoms with Gasteiger partial charge in [0.05, 0.1) is 4.92 Å². The molecule has 37 heavy (non-hydrogen) atoms. The highest BCUT2D eigenvalue weighted by atomic mass is 16.6. The van der Waals surface area contributed by atoms with Gasteiger partial charge in [0.25, 0.3) is 5.69 Å². The molecule has 0 bridgehead atoms. The fourth-order valence-electron chi connectivity index (χ4n) is 4.41. The van der Waals surface area contributed by atoms with Crippen LogP contribution in [0.25, 0.3) is 11.1 Å². The van der Waals surface area contributed by atoms with E-state index in [9.17, 15) is 24.5 Å². The smallest absolute Gasteiger partial charge is 0.407 e. The summed E-state index contributed by atoms with van der Waals surface area (Å²) in [5.74, 6) is -1.91. The first-order valence-electron chi connectivity index (χ1n) is 11.7. The molecule has 0 spiro atoms. The maximum atomic E-state index is 12.8. The molecule has 1 aliphatic rings. The van der Waals surface area contributed by atoms with Crippen molar-refractivity contribution >= 4 is 23.7 Å². The average molecular weight is 504 g/mol. The number of alkyl carbamates (subject to hydrolysis) is 1. The van der Waals surface area contributed by atoms with Crippen LogP contribution in [0.4, 0.5) is 10.5 Å². The Morgan fingerprint density at radius 3 is 2.24 bits per heavy atom. The first kappa shape index (κ1) is 25.4. The van der Waals surface area contributed by atoms with Crippen LogP contribution in [-0.4, -0.2) is 40.6 Å². The fourth-order valence-corrected chi connectivity index (χ4v) is 4.41. The Hall–Kier alpha value is -4.73. The van der Waals surface area contributed by atoms with E-state index in [1.807, 2.05) is 48.5 Å². The summed E-state index contributed by atoms with van der Waals surface area (Å²) in [4.78, 5) is 46.9. The SMILES string of the molecule is O=C(O)CC[C@H](NC(=O)OCC1c2ccccc2-c2ccccc21)C(=O)NCc1cccc([N+](=O)[O-])c1. The number of carbonyl (C=O) groups excluding carboxylic acids is 2. The van der Waals surface area contributed by atoms with Crippen molar-refractivity contribution in [2.45, 2.75) is 31.3 Å². The third-order valence-corrected chi connectivity index (χ3v) is 6.19. The van der Waals surface area contributed by atoms with Gasteiger partial charge in [0.2, 0.25) is 5.91 Å². The van der Waals surface area contributed by atoms with Crippen molar-refractivity contribution in [2.24, 2.45) is 0 Å². The van der Waals surface area contributed by atoms with E-state index in [1.165, 1.54) is 18.2 Å². The number of amides is 2. The molecule has 0 unspecified atom stereocenters. The molecule has 10 heteroatoms. The molecule has 0 saturated carbocycles. The van der Waals surface area contributed by atoms with Gasteiger partial charge < -0.3 is 20.5 Å². The maximum Gasteiger partial charge on any atom is 0.407 e. The van der Waals surface area contributed by atoms with Crippen LogP contribution < -0.4 is 10.6 Å². The molecule has 0 aliphatic heterocycles. The summed E-state index contributed by atoms with van der Waals surface area (Å²) in [6, 6.07) is 20.3. The zero-order chi connectivity index (χ0) is 26.4. The van der Waals surface area contributed by atoms with Crippen molar-refractivity contribution in [3.05, 3.63) is 99.6 Å². The number of fused-ring (bicyclic) bond motifs is 3. The van der Waals surface area contributed by atoms with Gasteiger partial charge in [0, 0.05) is 31.0 Å². The predicted octanol–water partition coefficient (Wildman–Crippen LogP) is 3.98. The summed E-state index contributed by atoms with van der Waals surface area (Å²) in [6.07, 6.45) is -1.35. The Kier molecular flexibility index (Phi) is 7.77. The van der Waals surface area contributed by atoms with Crippen LogP contribution in [0.2, 0.25) is 0 Å². The second-order valence-corrected chi connectivity index (χ2v) is 8.60.